The van der Waals surface area contributed by atoms with Crippen LogP contribution in [0.3, 0.4) is 0 Å². The van der Waals surface area contributed by atoms with Crippen molar-refractivity contribution in [2.45, 2.75) is 25.7 Å². The summed E-state index contributed by atoms with van der Waals surface area (Å²) in [6, 6.07) is 17.2. The number of carbonyl (C=O) groups is 1. The monoisotopic (exact) mass is 336 g/mol. The first-order valence-electron chi connectivity index (χ1n) is 8.02. The third-order valence-electron chi connectivity index (χ3n) is 3.77. The van der Waals surface area contributed by atoms with Crippen LogP contribution in [0.2, 0.25) is 0 Å². The number of nitriles is 1. The van der Waals surface area contributed by atoms with Gasteiger partial charge in [0.25, 0.3) is 0 Å². The van der Waals surface area contributed by atoms with Gasteiger partial charge in [-0.05, 0) is 48.2 Å². The molecular formula is C20H20N2O3. The van der Waals surface area contributed by atoms with Crippen LogP contribution in [0.1, 0.15) is 24.0 Å². The van der Waals surface area contributed by atoms with Crippen LogP contribution in [0.5, 0.6) is 5.75 Å². The van der Waals surface area contributed by atoms with E-state index < -0.39 is 5.97 Å². The zero-order chi connectivity index (χ0) is 18.1. The highest BCUT2D eigenvalue weighted by molar-refractivity contribution is 6.00. The number of rotatable bonds is 8. The Bertz CT molecular complexity index is 772. The van der Waals surface area contributed by atoms with Crippen molar-refractivity contribution in [1.29, 1.82) is 5.26 Å². The largest absolute Gasteiger partial charge is 0.497 e. The number of ether oxygens (including phenoxy) is 1. The van der Waals surface area contributed by atoms with Crippen LogP contribution >= 0.6 is 0 Å². The van der Waals surface area contributed by atoms with Gasteiger partial charge >= 0.3 is 5.97 Å². The third-order valence-corrected chi connectivity index (χ3v) is 3.77. The molecule has 0 aliphatic carbocycles. The summed E-state index contributed by atoms with van der Waals surface area (Å²) in [7, 11) is 1.63. The Hall–Kier alpha value is -3.13. The maximum atomic E-state index is 10.6. The fourth-order valence-corrected chi connectivity index (χ4v) is 2.34. The minimum absolute atomic E-state index is 0.105. The predicted molar refractivity (Wildman–Crippen MR) is 96.4 cm³/mol. The molecule has 0 aliphatic heterocycles. The zero-order valence-electron chi connectivity index (χ0n) is 14.1. The molecule has 0 saturated heterocycles. The highest BCUT2D eigenvalue weighted by Gasteiger charge is 2.03. The predicted octanol–water partition coefficient (Wildman–Crippen LogP) is 3.94. The van der Waals surface area contributed by atoms with Gasteiger partial charge in [-0.3, -0.25) is 4.79 Å². The molecule has 25 heavy (non-hydrogen) atoms. The lowest BCUT2D eigenvalue weighted by molar-refractivity contribution is -0.136. The number of hydrogen-bond acceptors (Lipinski definition) is 4. The van der Waals surface area contributed by atoms with Crippen LogP contribution in [0.4, 0.5) is 5.69 Å². The number of nitrogens with zero attached hydrogens (tertiary/aromatic N) is 2. The van der Waals surface area contributed by atoms with Crippen molar-refractivity contribution in [3.63, 3.8) is 0 Å². The molecule has 2 aromatic rings. The van der Waals surface area contributed by atoms with Crippen molar-refractivity contribution < 1.29 is 14.6 Å². The van der Waals surface area contributed by atoms with Crippen LogP contribution in [0.15, 0.2) is 53.5 Å². The molecule has 0 heterocycles. The SMILES string of the molecule is COc1ccc(CCC(C#N)=Nc2ccc(CCC(=O)O)cc2)cc1. The molecule has 2 aromatic carbocycles. The number of carboxylic acid groups (broad SMARTS) is 1. The molecule has 5 heteroatoms. The number of aliphatic carboxylic acids is 1. The van der Waals surface area contributed by atoms with E-state index in [0.717, 1.165) is 23.3 Å². The van der Waals surface area contributed by atoms with Gasteiger partial charge in [-0.1, -0.05) is 24.3 Å². The van der Waals surface area contributed by atoms with Crippen LogP contribution in [-0.2, 0) is 17.6 Å². The normalized spacial score (nSPS) is 11.0. The van der Waals surface area contributed by atoms with Gasteiger partial charge in [-0.15, -0.1) is 0 Å². The molecule has 0 unspecified atom stereocenters. The summed E-state index contributed by atoms with van der Waals surface area (Å²) in [5, 5.41) is 18.0. The zero-order valence-corrected chi connectivity index (χ0v) is 14.1. The van der Waals surface area contributed by atoms with Crippen LogP contribution in [-0.4, -0.2) is 23.9 Å². The second-order valence-corrected chi connectivity index (χ2v) is 5.58. The number of aryl methyl sites for hydroxylation is 2. The molecule has 0 aromatic heterocycles. The topological polar surface area (TPSA) is 82.7 Å². The molecule has 0 aliphatic rings. The van der Waals surface area contributed by atoms with Gasteiger partial charge < -0.3 is 9.84 Å². The molecule has 0 fully saturated rings. The second kappa shape index (κ2) is 9.24. The number of carboxylic acids is 1. The summed E-state index contributed by atoms with van der Waals surface area (Å²) in [5.41, 5.74) is 3.23. The summed E-state index contributed by atoms with van der Waals surface area (Å²) in [5.74, 6) is -0.00620. The average molecular weight is 336 g/mol. The lowest BCUT2D eigenvalue weighted by Crippen LogP contribution is -1.98. The molecule has 0 radical (unpaired) electrons. The van der Waals surface area contributed by atoms with Gasteiger partial charge in [0, 0.05) is 12.8 Å². The maximum Gasteiger partial charge on any atom is 0.303 e. The highest BCUT2D eigenvalue weighted by atomic mass is 16.5. The van der Waals surface area contributed by atoms with Gasteiger partial charge in [-0.2, -0.15) is 5.26 Å². The minimum Gasteiger partial charge on any atom is -0.497 e. The molecule has 128 valence electrons. The quantitative estimate of drug-likeness (QED) is 0.740. The van der Waals surface area contributed by atoms with E-state index >= 15 is 0 Å². The standard InChI is InChI=1S/C20H20N2O3/c1-25-19-11-5-16(6-12-19)4-10-18(14-21)22-17-8-2-15(3-9-17)7-13-20(23)24/h2-3,5-6,8-9,11-12H,4,7,10,13H2,1H3,(H,23,24). The van der Waals surface area contributed by atoms with Crippen molar-refractivity contribution in [2.24, 2.45) is 4.99 Å². The molecule has 0 bridgehead atoms. The molecule has 2 rings (SSSR count). The van der Waals surface area contributed by atoms with Gasteiger partial charge in [0.15, 0.2) is 0 Å². The molecule has 0 spiro atoms. The van der Waals surface area contributed by atoms with Crippen LogP contribution in [0, 0.1) is 11.3 Å². The van der Waals surface area contributed by atoms with E-state index in [1.165, 1.54) is 0 Å². The van der Waals surface area contributed by atoms with E-state index in [0.29, 0.717) is 24.2 Å². The summed E-state index contributed by atoms with van der Waals surface area (Å²) in [6.45, 7) is 0. The van der Waals surface area contributed by atoms with Gasteiger partial charge in [0.1, 0.15) is 17.5 Å². The lowest BCUT2D eigenvalue weighted by Gasteiger charge is -2.03. The van der Waals surface area contributed by atoms with Gasteiger partial charge in [-0.25, -0.2) is 4.99 Å². The Labute approximate surface area is 147 Å². The van der Waals surface area contributed by atoms with Crippen molar-refractivity contribution in [3.05, 3.63) is 59.7 Å². The first kappa shape index (κ1) is 18.2. The number of aliphatic imine (C=N–C) groups is 1. The summed E-state index contributed by atoms with van der Waals surface area (Å²) < 4.78 is 5.13. The van der Waals surface area contributed by atoms with Crippen molar-refractivity contribution in [3.8, 4) is 11.8 Å². The smallest absolute Gasteiger partial charge is 0.303 e. The fraction of sp³-hybridized carbons (Fsp3) is 0.250. The summed E-state index contributed by atoms with van der Waals surface area (Å²) >= 11 is 0. The molecule has 0 saturated carbocycles. The first-order valence-corrected chi connectivity index (χ1v) is 8.02. The van der Waals surface area contributed by atoms with Crippen LogP contribution in [0.25, 0.3) is 0 Å². The second-order valence-electron chi connectivity index (χ2n) is 5.58. The number of benzene rings is 2. The van der Waals surface area contributed by atoms with Crippen LogP contribution < -0.4 is 4.74 Å². The Balaban J connectivity index is 1.96. The summed E-state index contributed by atoms with van der Waals surface area (Å²) in [4.78, 5) is 15.0. The Morgan fingerprint density at radius 3 is 2.12 bits per heavy atom. The summed E-state index contributed by atoms with van der Waals surface area (Å²) in [6.07, 6.45) is 1.88. The molecule has 1 N–H and O–H groups in total. The van der Waals surface area contributed by atoms with Crippen molar-refractivity contribution in [2.75, 3.05) is 7.11 Å². The first-order chi connectivity index (χ1) is 12.1. The van der Waals surface area contributed by atoms with Crippen molar-refractivity contribution >= 4 is 17.4 Å². The molecule has 0 atom stereocenters. The van der Waals surface area contributed by atoms with E-state index in [1.807, 2.05) is 48.5 Å². The molecule has 0 amide bonds. The Morgan fingerprint density at radius 1 is 1.04 bits per heavy atom. The molecular weight excluding hydrogens is 316 g/mol. The van der Waals surface area contributed by atoms with Gasteiger partial charge in [0.05, 0.1) is 12.8 Å². The molecule has 5 nitrogen and oxygen atoms in total. The average Bonchev–Trinajstić information content (AvgIpc) is 2.64. The maximum absolute atomic E-state index is 10.6. The van der Waals surface area contributed by atoms with E-state index in [-0.39, 0.29) is 6.42 Å². The number of hydrogen-bond donors (Lipinski definition) is 1. The van der Waals surface area contributed by atoms with E-state index in [9.17, 15) is 10.1 Å². The van der Waals surface area contributed by atoms with E-state index in [4.69, 9.17) is 9.84 Å². The van der Waals surface area contributed by atoms with E-state index in [1.54, 1.807) is 7.11 Å². The van der Waals surface area contributed by atoms with E-state index in [2.05, 4.69) is 11.1 Å². The Morgan fingerprint density at radius 2 is 1.60 bits per heavy atom. The van der Waals surface area contributed by atoms with Gasteiger partial charge in [0.2, 0.25) is 0 Å². The Kier molecular flexibility index (Phi) is 6.73. The number of methoxy groups -OCH3 is 1. The lowest BCUT2D eigenvalue weighted by atomic mass is 10.1. The highest BCUT2D eigenvalue weighted by Crippen LogP contribution is 2.17. The third kappa shape index (κ3) is 6.11. The van der Waals surface area contributed by atoms with Crippen molar-refractivity contribution in [1.82, 2.24) is 0 Å². The minimum atomic E-state index is -0.813. The fourth-order valence-electron chi connectivity index (χ4n) is 2.34.